The summed E-state index contributed by atoms with van der Waals surface area (Å²) in [5.74, 6) is -0.764. The van der Waals surface area contributed by atoms with E-state index in [4.69, 9.17) is 0 Å². The SMILES string of the molecule is Cl.O=C(O)C1CN(Cc2ccccc2)CC12CCC2. The smallest absolute Gasteiger partial charge is 0.308 e. The molecular formula is C15H20ClNO2. The lowest BCUT2D eigenvalue weighted by atomic mass is 9.63. The van der Waals surface area contributed by atoms with Gasteiger partial charge in [0.05, 0.1) is 5.92 Å². The van der Waals surface area contributed by atoms with Crippen molar-refractivity contribution in [2.75, 3.05) is 13.1 Å². The summed E-state index contributed by atoms with van der Waals surface area (Å²) in [5.41, 5.74) is 1.36. The molecule has 1 saturated heterocycles. The van der Waals surface area contributed by atoms with Gasteiger partial charge in [-0.1, -0.05) is 36.8 Å². The molecule has 1 heterocycles. The molecule has 0 bridgehead atoms. The Bertz CT molecular complexity index is 445. The van der Waals surface area contributed by atoms with Crippen LogP contribution in [0.1, 0.15) is 24.8 Å². The predicted octanol–water partition coefficient (Wildman–Crippen LogP) is 2.80. The van der Waals surface area contributed by atoms with Crippen molar-refractivity contribution in [1.29, 1.82) is 0 Å². The Morgan fingerprint density at radius 1 is 1.32 bits per heavy atom. The van der Waals surface area contributed by atoms with Crippen molar-refractivity contribution in [2.45, 2.75) is 25.8 Å². The van der Waals surface area contributed by atoms with Gasteiger partial charge in [-0.05, 0) is 23.8 Å². The highest BCUT2D eigenvalue weighted by atomic mass is 35.5. The van der Waals surface area contributed by atoms with Crippen LogP contribution < -0.4 is 0 Å². The van der Waals surface area contributed by atoms with Crippen LogP contribution >= 0.6 is 12.4 Å². The van der Waals surface area contributed by atoms with Crippen LogP contribution in [-0.4, -0.2) is 29.1 Å². The summed E-state index contributed by atoms with van der Waals surface area (Å²) in [7, 11) is 0. The van der Waals surface area contributed by atoms with E-state index in [0.717, 1.165) is 25.9 Å². The first kappa shape index (κ1) is 14.4. The number of carboxylic acid groups (broad SMARTS) is 1. The summed E-state index contributed by atoms with van der Waals surface area (Å²) >= 11 is 0. The molecule has 1 unspecified atom stereocenters. The molecule has 4 heteroatoms. The van der Waals surface area contributed by atoms with E-state index in [1.807, 2.05) is 18.2 Å². The minimum absolute atomic E-state index is 0. The number of hydrogen-bond acceptors (Lipinski definition) is 2. The van der Waals surface area contributed by atoms with E-state index in [0.29, 0.717) is 6.54 Å². The van der Waals surface area contributed by atoms with E-state index >= 15 is 0 Å². The molecule has 19 heavy (non-hydrogen) atoms. The fraction of sp³-hybridized carbons (Fsp3) is 0.533. The maximum atomic E-state index is 11.4. The molecule has 2 fully saturated rings. The number of halogens is 1. The number of carboxylic acids is 1. The normalized spacial score (nSPS) is 24.7. The van der Waals surface area contributed by atoms with E-state index in [1.54, 1.807) is 0 Å². The summed E-state index contributed by atoms with van der Waals surface area (Å²) in [6.07, 6.45) is 3.38. The summed E-state index contributed by atoms with van der Waals surface area (Å²) in [4.78, 5) is 13.7. The molecule has 1 N–H and O–H groups in total. The number of benzene rings is 1. The van der Waals surface area contributed by atoms with Crippen LogP contribution in [0.25, 0.3) is 0 Å². The summed E-state index contributed by atoms with van der Waals surface area (Å²) in [6, 6.07) is 10.3. The Hall–Kier alpha value is -1.06. The molecule has 1 aliphatic carbocycles. The van der Waals surface area contributed by atoms with Gasteiger partial charge in [0, 0.05) is 19.6 Å². The first-order chi connectivity index (χ1) is 8.70. The predicted molar refractivity (Wildman–Crippen MR) is 76.4 cm³/mol. The minimum Gasteiger partial charge on any atom is -0.481 e. The van der Waals surface area contributed by atoms with Crippen molar-refractivity contribution < 1.29 is 9.90 Å². The van der Waals surface area contributed by atoms with Crippen molar-refractivity contribution in [3.63, 3.8) is 0 Å². The number of carbonyl (C=O) groups is 1. The van der Waals surface area contributed by atoms with Gasteiger partial charge in [-0.15, -0.1) is 12.4 Å². The van der Waals surface area contributed by atoms with Gasteiger partial charge in [-0.2, -0.15) is 0 Å². The zero-order chi connectivity index (χ0) is 12.6. The Balaban J connectivity index is 0.00000133. The van der Waals surface area contributed by atoms with Crippen molar-refractivity contribution >= 4 is 18.4 Å². The fourth-order valence-corrected chi connectivity index (χ4v) is 3.51. The highest BCUT2D eigenvalue weighted by Gasteiger charge is 2.53. The standard InChI is InChI=1S/C15H19NO2.ClH/c17-14(18)13-10-16(11-15(13)7-4-8-15)9-12-5-2-1-3-6-12;/h1-3,5-6,13H,4,7-11H2,(H,17,18);1H. The Labute approximate surface area is 120 Å². The Morgan fingerprint density at radius 3 is 2.47 bits per heavy atom. The molecule has 1 atom stereocenters. The number of aliphatic carboxylic acids is 1. The third kappa shape index (κ3) is 2.63. The molecule has 0 amide bonds. The van der Waals surface area contributed by atoms with Gasteiger partial charge >= 0.3 is 5.97 Å². The van der Waals surface area contributed by atoms with Crippen LogP contribution in [0.15, 0.2) is 30.3 Å². The molecular weight excluding hydrogens is 262 g/mol. The zero-order valence-electron chi connectivity index (χ0n) is 10.9. The fourth-order valence-electron chi connectivity index (χ4n) is 3.51. The maximum absolute atomic E-state index is 11.4. The monoisotopic (exact) mass is 281 g/mol. The van der Waals surface area contributed by atoms with Crippen LogP contribution in [0, 0.1) is 11.3 Å². The lowest BCUT2D eigenvalue weighted by molar-refractivity contribution is -0.146. The number of likely N-dealkylation sites (tertiary alicyclic amines) is 1. The van der Waals surface area contributed by atoms with Gasteiger partial charge in [0.1, 0.15) is 0 Å². The van der Waals surface area contributed by atoms with Crippen LogP contribution in [0.4, 0.5) is 0 Å². The van der Waals surface area contributed by atoms with Crippen molar-refractivity contribution in [3.8, 4) is 0 Å². The molecule has 1 aromatic carbocycles. The molecule has 1 spiro atoms. The highest BCUT2D eigenvalue weighted by molar-refractivity contribution is 5.85. The average molecular weight is 282 g/mol. The molecule has 1 saturated carbocycles. The van der Waals surface area contributed by atoms with Gasteiger partial charge in [0.15, 0.2) is 0 Å². The second-order valence-electron chi connectivity index (χ2n) is 5.76. The van der Waals surface area contributed by atoms with Gasteiger partial charge < -0.3 is 5.11 Å². The average Bonchev–Trinajstić information content (AvgIpc) is 2.70. The minimum atomic E-state index is -0.606. The molecule has 104 valence electrons. The zero-order valence-corrected chi connectivity index (χ0v) is 11.7. The van der Waals surface area contributed by atoms with E-state index in [2.05, 4.69) is 17.0 Å². The summed E-state index contributed by atoms with van der Waals surface area (Å²) in [6.45, 7) is 2.55. The lowest BCUT2D eigenvalue weighted by Gasteiger charge is -2.41. The third-order valence-corrected chi connectivity index (χ3v) is 4.61. The number of nitrogens with zero attached hydrogens (tertiary/aromatic N) is 1. The molecule has 2 aliphatic rings. The van der Waals surface area contributed by atoms with Crippen LogP contribution in [-0.2, 0) is 11.3 Å². The molecule has 3 rings (SSSR count). The van der Waals surface area contributed by atoms with Gasteiger partial charge in [-0.25, -0.2) is 0 Å². The molecule has 3 nitrogen and oxygen atoms in total. The Morgan fingerprint density at radius 2 is 2.00 bits per heavy atom. The highest BCUT2D eigenvalue weighted by Crippen LogP contribution is 2.51. The van der Waals surface area contributed by atoms with Crippen LogP contribution in [0.3, 0.4) is 0 Å². The van der Waals surface area contributed by atoms with Crippen molar-refractivity contribution in [3.05, 3.63) is 35.9 Å². The Kier molecular flexibility index (Phi) is 4.16. The van der Waals surface area contributed by atoms with Gasteiger partial charge in [-0.3, -0.25) is 9.69 Å². The van der Waals surface area contributed by atoms with E-state index in [-0.39, 0.29) is 23.7 Å². The molecule has 0 radical (unpaired) electrons. The number of rotatable bonds is 3. The quantitative estimate of drug-likeness (QED) is 0.926. The van der Waals surface area contributed by atoms with Crippen molar-refractivity contribution in [2.24, 2.45) is 11.3 Å². The molecule has 1 aromatic rings. The van der Waals surface area contributed by atoms with Crippen LogP contribution in [0.5, 0.6) is 0 Å². The second kappa shape index (κ2) is 5.51. The van der Waals surface area contributed by atoms with Gasteiger partial charge in [0.25, 0.3) is 0 Å². The second-order valence-corrected chi connectivity index (χ2v) is 5.76. The van der Waals surface area contributed by atoms with E-state index in [1.165, 1.54) is 12.0 Å². The first-order valence-corrected chi connectivity index (χ1v) is 6.69. The molecule has 0 aromatic heterocycles. The summed E-state index contributed by atoms with van der Waals surface area (Å²) in [5, 5.41) is 9.37. The van der Waals surface area contributed by atoms with Crippen molar-refractivity contribution in [1.82, 2.24) is 4.90 Å². The number of hydrogen-bond donors (Lipinski definition) is 1. The van der Waals surface area contributed by atoms with Gasteiger partial charge in [0.2, 0.25) is 0 Å². The maximum Gasteiger partial charge on any atom is 0.308 e. The first-order valence-electron chi connectivity index (χ1n) is 6.69. The van der Waals surface area contributed by atoms with E-state index < -0.39 is 5.97 Å². The van der Waals surface area contributed by atoms with Crippen LogP contribution in [0.2, 0.25) is 0 Å². The molecule has 1 aliphatic heterocycles. The largest absolute Gasteiger partial charge is 0.481 e. The van der Waals surface area contributed by atoms with E-state index in [9.17, 15) is 9.90 Å². The topological polar surface area (TPSA) is 40.5 Å². The third-order valence-electron chi connectivity index (χ3n) is 4.61. The summed E-state index contributed by atoms with van der Waals surface area (Å²) < 4.78 is 0. The lowest BCUT2D eigenvalue weighted by Crippen LogP contribution is -2.40.